The fourth-order valence-electron chi connectivity index (χ4n) is 2.04. The largest absolute Gasteiger partial charge is 0.360 e. The molecule has 1 N–H and O–H groups in total. The second kappa shape index (κ2) is 8.49. The molecule has 0 aliphatic carbocycles. The van der Waals surface area contributed by atoms with Crippen molar-refractivity contribution < 1.29 is 18.5 Å². The Morgan fingerprint density at radius 3 is 2.58 bits per heavy atom. The van der Waals surface area contributed by atoms with E-state index in [4.69, 9.17) is 4.52 Å². The SMILES string of the molecule is CCN(C(=O)CSCC(=O)Nc1cc(C)on1)c1ccc(F)cc1. The Morgan fingerprint density at radius 2 is 2.00 bits per heavy atom. The number of hydrogen-bond donors (Lipinski definition) is 1. The number of carbonyl (C=O) groups is 2. The van der Waals surface area contributed by atoms with Gasteiger partial charge in [0.25, 0.3) is 0 Å². The van der Waals surface area contributed by atoms with Crippen LogP contribution in [0.3, 0.4) is 0 Å². The van der Waals surface area contributed by atoms with Crippen LogP contribution in [0.15, 0.2) is 34.9 Å². The second-order valence-corrected chi connectivity index (χ2v) is 5.96. The van der Waals surface area contributed by atoms with Crippen molar-refractivity contribution >= 4 is 35.1 Å². The van der Waals surface area contributed by atoms with Crippen LogP contribution in [0.1, 0.15) is 12.7 Å². The van der Waals surface area contributed by atoms with E-state index in [1.165, 1.54) is 23.9 Å². The van der Waals surface area contributed by atoms with Crippen LogP contribution in [-0.2, 0) is 9.59 Å². The minimum absolute atomic E-state index is 0.124. The molecule has 1 aromatic heterocycles. The highest BCUT2D eigenvalue weighted by molar-refractivity contribution is 8.00. The van der Waals surface area contributed by atoms with Crippen molar-refractivity contribution in [3.63, 3.8) is 0 Å². The van der Waals surface area contributed by atoms with Crippen LogP contribution >= 0.6 is 11.8 Å². The molecule has 0 aliphatic heterocycles. The molecular weight excluding hydrogens is 333 g/mol. The van der Waals surface area contributed by atoms with E-state index >= 15 is 0 Å². The first kappa shape index (κ1) is 18.0. The molecule has 0 bridgehead atoms. The van der Waals surface area contributed by atoms with Gasteiger partial charge in [0, 0.05) is 18.3 Å². The van der Waals surface area contributed by atoms with Gasteiger partial charge < -0.3 is 14.7 Å². The molecular formula is C16H18FN3O3S. The molecule has 0 radical (unpaired) electrons. The number of anilines is 2. The molecule has 2 amide bonds. The normalized spacial score (nSPS) is 10.5. The highest BCUT2D eigenvalue weighted by Crippen LogP contribution is 2.16. The lowest BCUT2D eigenvalue weighted by Crippen LogP contribution is -2.32. The quantitative estimate of drug-likeness (QED) is 0.830. The number of thioether (sulfide) groups is 1. The molecule has 0 spiro atoms. The molecule has 0 atom stereocenters. The molecule has 0 unspecified atom stereocenters. The average Bonchev–Trinajstić information content (AvgIpc) is 2.95. The Hall–Kier alpha value is -2.35. The fraction of sp³-hybridized carbons (Fsp3) is 0.312. The highest BCUT2D eigenvalue weighted by Gasteiger charge is 2.15. The summed E-state index contributed by atoms with van der Waals surface area (Å²) in [5.74, 6) is 0.480. The van der Waals surface area contributed by atoms with Crippen LogP contribution in [0.5, 0.6) is 0 Å². The van der Waals surface area contributed by atoms with Crippen LogP contribution in [0.2, 0.25) is 0 Å². The second-order valence-electron chi connectivity index (χ2n) is 4.98. The van der Waals surface area contributed by atoms with Crippen molar-refractivity contribution in [3.8, 4) is 0 Å². The molecule has 24 heavy (non-hydrogen) atoms. The van der Waals surface area contributed by atoms with Gasteiger partial charge in [0.05, 0.1) is 11.5 Å². The zero-order valence-corrected chi connectivity index (χ0v) is 14.2. The number of hydrogen-bond acceptors (Lipinski definition) is 5. The fourth-order valence-corrected chi connectivity index (χ4v) is 2.73. The summed E-state index contributed by atoms with van der Waals surface area (Å²) in [6.07, 6.45) is 0. The predicted molar refractivity (Wildman–Crippen MR) is 91.6 cm³/mol. The maximum atomic E-state index is 13.0. The van der Waals surface area contributed by atoms with Crippen LogP contribution in [0.4, 0.5) is 15.9 Å². The molecule has 0 fully saturated rings. The Kier molecular flexibility index (Phi) is 6.36. The Labute approximate surface area is 143 Å². The van der Waals surface area contributed by atoms with Gasteiger partial charge in [-0.25, -0.2) is 4.39 Å². The Bertz CT molecular complexity index is 703. The first-order valence-corrected chi connectivity index (χ1v) is 8.52. The monoisotopic (exact) mass is 351 g/mol. The zero-order valence-electron chi connectivity index (χ0n) is 13.4. The molecule has 2 aromatic rings. The van der Waals surface area contributed by atoms with E-state index in [0.29, 0.717) is 23.8 Å². The molecule has 2 rings (SSSR count). The first-order chi connectivity index (χ1) is 11.5. The van der Waals surface area contributed by atoms with Gasteiger partial charge in [0.2, 0.25) is 11.8 Å². The van der Waals surface area contributed by atoms with Gasteiger partial charge in [0.1, 0.15) is 11.6 Å². The topological polar surface area (TPSA) is 75.4 Å². The minimum Gasteiger partial charge on any atom is -0.360 e. The maximum Gasteiger partial charge on any atom is 0.236 e. The van der Waals surface area contributed by atoms with Gasteiger partial charge >= 0.3 is 0 Å². The molecule has 0 saturated heterocycles. The van der Waals surface area contributed by atoms with E-state index in [0.717, 1.165) is 0 Å². The highest BCUT2D eigenvalue weighted by atomic mass is 32.2. The van der Waals surface area contributed by atoms with E-state index in [9.17, 15) is 14.0 Å². The number of nitrogens with zero attached hydrogens (tertiary/aromatic N) is 2. The van der Waals surface area contributed by atoms with Crippen molar-refractivity contribution in [2.45, 2.75) is 13.8 Å². The molecule has 6 nitrogen and oxygen atoms in total. The van der Waals surface area contributed by atoms with Gasteiger partial charge in [0.15, 0.2) is 5.82 Å². The van der Waals surface area contributed by atoms with Gasteiger partial charge in [-0.3, -0.25) is 9.59 Å². The number of amides is 2. The summed E-state index contributed by atoms with van der Waals surface area (Å²) >= 11 is 1.20. The lowest BCUT2D eigenvalue weighted by atomic mass is 10.3. The van der Waals surface area contributed by atoms with E-state index < -0.39 is 0 Å². The summed E-state index contributed by atoms with van der Waals surface area (Å²) in [5, 5.41) is 6.25. The molecule has 0 saturated carbocycles. The van der Waals surface area contributed by atoms with E-state index in [1.807, 2.05) is 6.92 Å². The summed E-state index contributed by atoms with van der Waals surface area (Å²) < 4.78 is 17.8. The average molecular weight is 351 g/mol. The third-order valence-electron chi connectivity index (χ3n) is 3.11. The van der Waals surface area contributed by atoms with Crippen molar-refractivity contribution in [2.24, 2.45) is 0 Å². The Morgan fingerprint density at radius 1 is 1.29 bits per heavy atom. The number of carbonyl (C=O) groups excluding carboxylic acids is 2. The molecule has 1 heterocycles. The summed E-state index contributed by atoms with van der Waals surface area (Å²) in [6.45, 7) is 4.03. The smallest absolute Gasteiger partial charge is 0.236 e. The van der Waals surface area contributed by atoms with Crippen LogP contribution in [-0.4, -0.2) is 35.0 Å². The van der Waals surface area contributed by atoms with Crippen molar-refractivity contribution in [2.75, 3.05) is 28.3 Å². The number of aromatic nitrogens is 1. The summed E-state index contributed by atoms with van der Waals surface area (Å²) in [7, 11) is 0. The van der Waals surface area contributed by atoms with E-state index in [1.54, 1.807) is 30.0 Å². The molecule has 1 aromatic carbocycles. The van der Waals surface area contributed by atoms with Crippen LogP contribution in [0.25, 0.3) is 0 Å². The van der Waals surface area contributed by atoms with Crippen LogP contribution < -0.4 is 10.2 Å². The summed E-state index contributed by atoms with van der Waals surface area (Å²) in [4.78, 5) is 25.6. The molecule has 128 valence electrons. The number of nitrogens with one attached hydrogen (secondary N) is 1. The molecule has 8 heteroatoms. The van der Waals surface area contributed by atoms with Gasteiger partial charge in [-0.15, -0.1) is 11.8 Å². The number of halogens is 1. The third-order valence-corrected chi connectivity index (χ3v) is 4.03. The van der Waals surface area contributed by atoms with Crippen molar-refractivity contribution in [1.29, 1.82) is 0 Å². The van der Waals surface area contributed by atoms with Crippen LogP contribution in [0, 0.1) is 12.7 Å². The van der Waals surface area contributed by atoms with Crippen molar-refractivity contribution in [1.82, 2.24) is 5.16 Å². The number of benzene rings is 1. The number of aryl methyl sites for hydroxylation is 1. The third kappa shape index (κ3) is 5.09. The number of rotatable bonds is 7. The van der Waals surface area contributed by atoms with Crippen molar-refractivity contribution in [3.05, 3.63) is 41.9 Å². The molecule has 0 aliphatic rings. The van der Waals surface area contributed by atoms with Gasteiger partial charge in [-0.05, 0) is 38.1 Å². The van der Waals surface area contributed by atoms with E-state index in [-0.39, 0.29) is 29.1 Å². The lowest BCUT2D eigenvalue weighted by molar-refractivity contribution is -0.116. The first-order valence-electron chi connectivity index (χ1n) is 7.36. The maximum absolute atomic E-state index is 13.0. The summed E-state index contributed by atoms with van der Waals surface area (Å²) in [5.41, 5.74) is 0.632. The summed E-state index contributed by atoms with van der Waals surface area (Å²) in [6, 6.07) is 7.35. The lowest BCUT2D eigenvalue weighted by Gasteiger charge is -2.20. The minimum atomic E-state index is -0.351. The zero-order chi connectivity index (χ0) is 17.5. The van der Waals surface area contributed by atoms with Gasteiger partial charge in [-0.2, -0.15) is 0 Å². The Balaban J connectivity index is 1.80. The predicted octanol–water partition coefficient (Wildman–Crippen LogP) is 2.85. The standard InChI is InChI=1S/C16H18FN3O3S/c1-3-20(13-6-4-12(17)5-7-13)16(22)10-24-9-15(21)18-14-8-11(2)23-19-14/h4-8H,3,9-10H2,1-2H3,(H,18,19,21). The van der Waals surface area contributed by atoms with Gasteiger partial charge in [-0.1, -0.05) is 5.16 Å². The van der Waals surface area contributed by atoms with E-state index in [2.05, 4.69) is 10.5 Å².